The molecule has 0 aliphatic rings. The van der Waals surface area contributed by atoms with Crippen molar-refractivity contribution in [2.45, 2.75) is 0 Å². The Morgan fingerprint density at radius 2 is 0.967 bits per heavy atom. The predicted octanol–water partition coefficient (Wildman–Crippen LogP) is 7.14. The first-order valence-corrected chi connectivity index (χ1v) is 9.85. The lowest BCUT2D eigenvalue weighted by Gasteiger charge is -2.19. The normalized spacial score (nSPS) is 10.5. The lowest BCUT2D eigenvalue weighted by molar-refractivity contribution is 1.54. The van der Waals surface area contributed by atoms with Crippen LogP contribution in [-0.2, 0) is 0 Å². The Labute approximate surface area is 177 Å². The van der Waals surface area contributed by atoms with Gasteiger partial charge in [0.2, 0.25) is 0 Å². The Morgan fingerprint density at radius 1 is 0.500 bits per heavy atom. The van der Waals surface area contributed by atoms with E-state index in [9.17, 15) is 0 Å². The molecule has 4 aromatic carbocycles. The van der Waals surface area contributed by atoms with Crippen molar-refractivity contribution in [1.82, 2.24) is 0 Å². The summed E-state index contributed by atoms with van der Waals surface area (Å²) in [6.07, 6.45) is 3.69. The van der Waals surface area contributed by atoms with Crippen molar-refractivity contribution >= 4 is 23.5 Å². The van der Waals surface area contributed by atoms with E-state index in [1.165, 1.54) is 0 Å². The maximum atomic E-state index is 6.53. The Hall–Kier alpha value is -4.04. The Kier molecular flexibility index (Phi) is 5.23. The molecule has 2 nitrogen and oxygen atoms in total. The van der Waals surface area contributed by atoms with Crippen LogP contribution in [0, 0.1) is 0 Å². The highest BCUT2D eigenvalue weighted by atomic mass is 14.6. The molecule has 0 heterocycles. The SMILES string of the molecule is C=Cc1ccc(-c2c(N)ccc(-c3ccc(N)cc3)c2-c2ccc(C=C)cc2)cc1. The van der Waals surface area contributed by atoms with Crippen molar-refractivity contribution in [2.24, 2.45) is 0 Å². The largest absolute Gasteiger partial charge is 0.399 e. The molecular formula is C28H24N2. The van der Waals surface area contributed by atoms with E-state index in [2.05, 4.69) is 67.8 Å². The minimum atomic E-state index is 0.739. The van der Waals surface area contributed by atoms with Gasteiger partial charge in [0.1, 0.15) is 0 Å². The number of hydrogen-bond acceptors (Lipinski definition) is 2. The van der Waals surface area contributed by atoms with Crippen LogP contribution in [0.4, 0.5) is 11.4 Å². The van der Waals surface area contributed by atoms with E-state index >= 15 is 0 Å². The van der Waals surface area contributed by atoms with Crippen molar-refractivity contribution in [3.8, 4) is 33.4 Å². The molecule has 0 saturated carbocycles. The van der Waals surface area contributed by atoms with Crippen LogP contribution in [-0.4, -0.2) is 0 Å². The molecule has 4 aromatic rings. The molecule has 2 heteroatoms. The number of benzene rings is 4. The van der Waals surface area contributed by atoms with Gasteiger partial charge in [-0.2, -0.15) is 0 Å². The summed E-state index contributed by atoms with van der Waals surface area (Å²) in [5.41, 5.74) is 22.6. The van der Waals surface area contributed by atoms with Crippen LogP contribution < -0.4 is 11.5 Å². The van der Waals surface area contributed by atoms with Gasteiger partial charge in [0.05, 0.1) is 0 Å². The zero-order chi connectivity index (χ0) is 21.1. The van der Waals surface area contributed by atoms with Gasteiger partial charge in [-0.05, 0) is 57.1 Å². The third-order valence-corrected chi connectivity index (χ3v) is 5.33. The van der Waals surface area contributed by atoms with Gasteiger partial charge in [0.25, 0.3) is 0 Å². The van der Waals surface area contributed by atoms with Crippen LogP contribution in [0.25, 0.3) is 45.5 Å². The molecule has 0 fully saturated rings. The summed E-state index contributed by atoms with van der Waals surface area (Å²) in [6.45, 7) is 7.71. The number of hydrogen-bond donors (Lipinski definition) is 2. The molecular weight excluding hydrogens is 364 g/mol. The van der Waals surface area contributed by atoms with E-state index in [0.29, 0.717) is 0 Å². The fourth-order valence-corrected chi connectivity index (χ4v) is 3.70. The highest BCUT2D eigenvalue weighted by molar-refractivity contribution is 5.99. The Balaban J connectivity index is 2.02. The molecule has 0 radical (unpaired) electrons. The quantitative estimate of drug-likeness (QED) is 0.357. The van der Waals surface area contributed by atoms with E-state index in [1.807, 2.05) is 42.5 Å². The van der Waals surface area contributed by atoms with E-state index in [1.54, 1.807) is 0 Å². The maximum Gasteiger partial charge on any atom is 0.0400 e. The first-order chi connectivity index (χ1) is 14.6. The number of nitrogens with two attached hydrogens (primary N) is 2. The highest BCUT2D eigenvalue weighted by Crippen LogP contribution is 2.43. The molecule has 146 valence electrons. The van der Waals surface area contributed by atoms with Crippen molar-refractivity contribution in [2.75, 3.05) is 11.5 Å². The summed E-state index contributed by atoms with van der Waals surface area (Å²) in [5, 5.41) is 0. The number of rotatable bonds is 5. The lowest BCUT2D eigenvalue weighted by atomic mass is 9.86. The predicted molar refractivity (Wildman–Crippen MR) is 132 cm³/mol. The minimum absolute atomic E-state index is 0.739. The third-order valence-electron chi connectivity index (χ3n) is 5.33. The Bertz CT molecular complexity index is 1200. The van der Waals surface area contributed by atoms with Gasteiger partial charge in [-0.25, -0.2) is 0 Å². The molecule has 0 saturated heterocycles. The topological polar surface area (TPSA) is 52.0 Å². The van der Waals surface area contributed by atoms with Crippen molar-refractivity contribution in [3.05, 3.63) is 109 Å². The molecule has 0 unspecified atom stereocenters. The van der Waals surface area contributed by atoms with Gasteiger partial charge >= 0.3 is 0 Å². The van der Waals surface area contributed by atoms with Crippen molar-refractivity contribution in [1.29, 1.82) is 0 Å². The average molecular weight is 389 g/mol. The summed E-state index contributed by atoms with van der Waals surface area (Å²) in [5.74, 6) is 0. The zero-order valence-electron chi connectivity index (χ0n) is 16.8. The molecule has 4 N–H and O–H groups in total. The summed E-state index contributed by atoms with van der Waals surface area (Å²) in [6, 6.07) is 28.7. The van der Waals surface area contributed by atoms with E-state index < -0.39 is 0 Å². The molecule has 0 aromatic heterocycles. The smallest absolute Gasteiger partial charge is 0.0400 e. The summed E-state index contributed by atoms with van der Waals surface area (Å²) >= 11 is 0. The van der Waals surface area contributed by atoms with E-state index in [-0.39, 0.29) is 0 Å². The maximum absolute atomic E-state index is 6.53. The van der Waals surface area contributed by atoms with Crippen LogP contribution in [0.1, 0.15) is 11.1 Å². The van der Waals surface area contributed by atoms with Gasteiger partial charge in [0, 0.05) is 16.9 Å². The second-order valence-electron chi connectivity index (χ2n) is 7.23. The van der Waals surface area contributed by atoms with Gasteiger partial charge in [-0.15, -0.1) is 0 Å². The second-order valence-corrected chi connectivity index (χ2v) is 7.23. The van der Waals surface area contributed by atoms with Crippen LogP contribution in [0.3, 0.4) is 0 Å². The summed E-state index contributed by atoms with van der Waals surface area (Å²) in [4.78, 5) is 0. The minimum Gasteiger partial charge on any atom is -0.399 e. The molecule has 4 rings (SSSR count). The zero-order valence-corrected chi connectivity index (χ0v) is 16.8. The van der Waals surface area contributed by atoms with Crippen molar-refractivity contribution < 1.29 is 0 Å². The van der Waals surface area contributed by atoms with E-state index in [0.717, 1.165) is 55.9 Å². The second kappa shape index (κ2) is 8.14. The third kappa shape index (κ3) is 3.63. The van der Waals surface area contributed by atoms with Crippen LogP contribution in [0.5, 0.6) is 0 Å². The standard InChI is InChI=1S/C28H24N2/c1-3-19-5-9-22(10-6-19)27-25(21-13-15-24(29)16-14-21)17-18-26(30)28(27)23-11-7-20(4-2)8-12-23/h3-18H,1-2,29-30H2. The van der Waals surface area contributed by atoms with Crippen molar-refractivity contribution in [3.63, 3.8) is 0 Å². The fraction of sp³-hybridized carbons (Fsp3) is 0. The highest BCUT2D eigenvalue weighted by Gasteiger charge is 2.17. The first-order valence-electron chi connectivity index (χ1n) is 9.85. The Morgan fingerprint density at radius 3 is 1.47 bits per heavy atom. The van der Waals surface area contributed by atoms with Crippen LogP contribution in [0.15, 0.2) is 98.1 Å². The monoisotopic (exact) mass is 388 g/mol. The molecule has 0 bridgehead atoms. The first kappa shape index (κ1) is 19.3. The average Bonchev–Trinajstić information content (AvgIpc) is 2.80. The molecule has 0 spiro atoms. The van der Waals surface area contributed by atoms with Gasteiger partial charge in [-0.1, -0.05) is 92.0 Å². The van der Waals surface area contributed by atoms with Gasteiger partial charge < -0.3 is 11.5 Å². The van der Waals surface area contributed by atoms with Gasteiger partial charge in [-0.3, -0.25) is 0 Å². The molecule has 0 aliphatic heterocycles. The molecule has 30 heavy (non-hydrogen) atoms. The number of nitrogen functional groups attached to an aromatic ring is 2. The molecule has 0 amide bonds. The number of anilines is 2. The molecule has 0 aliphatic carbocycles. The fourth-order valence-electron chi connectivity index (χ4n) is 3.70. The van der Waals surface area contributed by atoms with Crippen LogP contribution in [0.2, 0.25) is 0 Å². The van der Waals surface area contributed by atoms with Gasteiger partial charge in [0.15, 0.2) is 0 Å². The van der Waals surface area contributed by atoms with E-state index in [4.69, 9.17) is 11.5 Å². The molecule has 0 atom stereocenters. The summed E-state index contributed by atoms with van der Waals surface area (Å²) < 4.78 is 0. The summed E-state index contributed by atoms with van der Waals surface area (Å²) in [7, 11) is 0. The van der Waals surface area contributed by atoms with Crippen LogP contribution >= 0.6 is 0 Å². The lowest BCUT2D eigenvalue weighted by Crippen LogP contribution is -1.97.